The molecule has 0 atom stereocenters. The molecule has 1 rings (SSSR count). The summed E-state index contributed by atoms with van der Waals surface area (Å²) in [5.74, 6) is -0.590. The molecular formula is C22H33NO5. The van der Waals surface area contributed by atoms with Crippen LogP contribution in [0.15, 0.2) is 36.0 Å². The highest BCUT2D eigenvalue weighted by Crippen LogP contribution is 2.16. The maximum Gasteiger partial charge on any atom is 0.347 e. The molecule has 1 N–H and O–H groups in total. The monoisotopic (exact) mass is 391 g/mol. The SMILES string of the molecule is CCCCCOC(=O)C(=CNc1ccc(OCC)cc1)C(=O)OCCCCC. The van der Waals surface area contributed by atoms with Crippen molar-refractivity contribution in [3.05, 3.63) is 36.0 Å². The van der Waals surface area contributed by atoms with Crippen molar-refractivity contribution in [2.75, 3.05) is 25.1 Å². The van der Waals surface area contributed by atoms with Crippen LogP contribution in [0.2, 0.25) is 0 Å². The summed E-state index contributed by atoms with van der Waals surface area (Å²) in [7, 11) is 0. The molecule has 0 amide bonds. The average Bonchev–Trinajstić information content (AvgIpc) is 2.70. The molecule has 1 aromatic rings. The number of carbonyl (C=O) groups is 2. The van der Waals surface area contributed by atoms with Gasteiger partial charge in [-0.3, -0.25) is 0 Å². The zero-order chi connectivity index (χ0) is 20.6. The van der Waals surface area contributed by atoms with Crippen LogP contribution >= 0.6 is 0 Å². The van der Waals surface area contributed by atoms with Crippen LogP contribution in [0, 0.1) is 0 Å². The van der Waals surface area contributed by atoms with E-state index in [1.165, 1.54) is 6.20 Å². The first kappa shape index (κ1) is 23.5. The summed E-state index contributed by atoms with van der Waals surface area (Å²) >= 11 is 0. The van der Waals surface area contributed by atoms with Gasteiger partial charge < -0.3 is 19.5 Å². The van der Waals surface area contributed by atoms with E-state index < -0.39 is 11.9 Å². The Morgan fingerprint density at radius 3 is 1.86 bits per heavy atom. The van der Waals surface area contributed by atoms with Gasteiger partial charge in [0.25, 0.3) is 0 Å². The van der Waals surface area contributed by atoms with Gasteiger partial charge in [0.05, 0.1) is 19.8 Å². The van der Waals surface area contributed by atoms with Gasteiger partial charge in [-0.15, -0.1) is 0 Å². The second-order valence-electron chi connectivity index (χ2n) is 6.35. The zero-order valence-electron chi connectivity index (χ0n) is 17.3. The number of ether oxygens (including phenoxy) is 3. The van der Waals surface area contributed by atoms with E-state index in [0.717, 1.165) is 50.0 Å². The summed E-state index contributed by atoms with van der Waals surface area (Å²) in [5.41, 5.74) is 0.584. The normalized spacial score (nSPS) is 10.1. The summed E-state index contributed by atoms with van der Waals surface area (Å²) in [5, 5.41) is 2.96. The fraction of sp³-hybridized carbons (Fsp3) is 0.545. The number of nitrogens with one attached hydrogen (secondary N) is 1. The molecule has 0 heterocycles. The third-order valence-electron chi connectivity index (χ3n) is 3.95. The summed E-state index contributed by atoms with van der Waals surface area (Å²) in [6.45, 7) is 7.22. The first-order chi connectivity index (χ1) is 13.6. The van der Waals surface area contributed by atoms with E-state index >= 15 is 0 Å². The molecule has 0 aromatic heterocycles. The van der Waals surface area contributed by atoms with E-state index in [4.69, 9.17) is 14.2 Å². The van der Waals surface area contributed by atoms with E-state index in [9.17, 15) is 9.59 Å². The Morgan fingerprint density at radius 2 is 1.39 bits per heavy atom. The number of hydrogen-bond acceptors (Lipinski definition) is 6. The van der Waals surface area contributed by atoms with Crippen molar-refractivity contribution in [3.8, 4) is 5.75 Å². The van der Waals surface area contributed by atoms with Crippen LogP contribution in [0.25, 0.3) is 0 Å². The third kappa shape index (κ3) is 9.44. The number of unbranched alkanes of at least 4 members (excludes halogenated alkanes) is 4. The number of rotatable bonds is 14. The Bertz CT molecular complexity index is 584. The molecule has 6 heteroatoms. The van der Waals surface area contributed by atoms with Gasteiger partial charge in [-0.05, 0) is 44.0 Å². The lowest BCUT2D eigenvalue weighted by Gasteiger charge is -2.10. The quantitative estimate of drug-likeness (QED) is 0.161. The van der Waals surface area contributed by atoms with E-state index in [1.807, 2.05) is 19.1 Å². The molecule has 0 aliphatic heterocycles. The van der Waals surface area contributed by atoms with Gasteiger partial charge >= 0.3 is 11.9 Å². The van der Waals surface area contributed by atoms with Gasteiger partial charge in [0.2, 0.25) is 0 Å². The van der Waals surface area contributed by atoms with E-state index in [1.54, 1.807) is 12.1 Å². The molecule has 1 aromatic carbocycles. The summed E-state index contributed by atoms with van der Waals surface area (Å²) < 4.78 is 15.9. The number of benzene rings is 1. The Balaban J connectivity index is 2.75. The number of esters is 2. The van der Waals surface area contributed by atoms with Crippen molar-refractivity contribution in [2.24, 2.45) is 0 Å². The molecule has 0 spiro atoms. The largest absolute Gasteiger partial charge is 0.494 e. The van der Waals surface area contributed by atoms with Crippen molar-refractivity contribution in [1.29, 1.82) is 0 Å². The van der Waals surface area contributed by atoms with Gasteiger partial charge in [0.15, 0.2) is 5.57 Å². The topological polar surface area (TPSA) is 73.9 Å². The Kier molecular flexibility index (Phi) is 12.2. The fourth-order valence-corrected chi connectivity index (χ4v) is 2.36. The minimum atomic E-state index is -0.671. The van der Waals surface area contributed by atoms with Crippen LogP contribution in [-0.2, 0) is 19.1 Å². The van der Waals surface area contributed by atoms with Crippen molar-refractivity contribution < 1.29 is 23.8 Å². The van der Waals surface area contributed by atoms with Crippen LogP contribution in [0.1, 0.15) is 59.3 Å². The van der Waals surface area contributed by atoms with Crippen LogP contribution in [0.4, 0.5) is 5.69 Å². The maximum absolute atomic E-state index is 12.3. The first-order valence-electron chi connectivity index (χ1n) is 10.2. The van der Waals surface area contributed by atoms with Crippen molar-refractivity contribution in [2.45, 2.75) is 59.3 Å². The average molecular weight is 392 g/mol. The standard InChI is InChI=1S/C22H33NO5/c1-4-7-9-15-27-21(24)20(22(25)28-16-10-8-5-2)17-23-18-11-13-19(14-12-18)26-6-3/h11-14,17,23H,4-10,15-16H2,1-3H3. The van der Waals surface area contributed by atoms with Crippen LogP contribution in [-0.4, -0.2) is 31.8 Å². The summed E-state index contributed by atoms with van der Waals surface area (Å²) in [4.78, 5) is 24.7. The van der Waals surface area contributed by atoms with Crippen LogP contribution in [0.3, 0.4) is 0 Å². The molecule has 0 unspecified atom stereocenters. The molecule has 6 nitrogen and oxygen atoms in total. The van der Waals surface area contributed by atoms with Gasteiger partial charge in [-0.25, -0.2) is 9.59 Å². The first-order valence-corrected chi connectivity index (χ1v) is 10.2. The van der Waals surface area contributed by atoms with E-state index in [-0.39, 0.29) is 18.8 Å². The number of anilines is 1. The molecule has 0 aliphatic rings. The van der Waals surface area contributed by atoms with Gasteiger partial charge in [0, 0.05) is 11.9 Å². The predicted octanol–water partition coefficient (Wildman–Crippen LogP) is 4.85. The lowest BCUT2D eigenvalue weighted by molar-refractivity contribution is -0.147. The minimum absolute atomic E-state index is 0.137. The Hall–Kier alpha value is -2.50. The third-order valence-corrected chi connectivity index (χ3v) is 3.95. The fourth-order valence-electron chi connectivity index (χ4n) is 2.36. The van der Waals surface area contributed by atoms with Gasteiger partial charge in [-0.1, -0.05) is 39.5 Å². The molecule has 156 valence electrons. The lowest BCUT2D eigenvalue weighted by Crippen LogP contribution is -2.20. The second kappa shape index (κ2) is 14.5. The zero-order valence-corrected chi connectivity index (χ0v) is 17.3. The second-order valence-corrected chi connectivity index (χ2v) is 6.35. The Labute approximate surface area is 168 Å². The van der Waals surface area contributed by atoms with Crippen molar-refractivity contribution in [1.82, 2.24) is 0 Å². The summed E-state index contributed by atoms with van der Waals surface area (Å²) in [6.07, 6.45) is 6.88. The predicted molar refractivity (Wildman–Crippen MR) is 110 cm³/mol. The highest BCUT2D eigenvalue weighted by Gasteiger charge is 2.21. The summed E-state index contributed by atoms with van der Waals surface area (Å²) in [6, 6.07) is 7.23. The molecule has 0 aliphatic carbocycles. The molecule has 28 heavy (non-hydrogen) atoms. The van der Waals surface area contributed by atoms with Crippen LogP contribution < -0.4 is 10.1 Å². The maximum atomic E-state index is 12.3. The van der Waals surface area contributed by atoms with Crippen molar-refractivity contribution >= 4 is 17.6 Å². The number of carbonyl (C=O) groups excluding carboxylic acids is 2. The number of hydrogen-bond donors (Lipinski definition) is 1. The highest BCUT2D eigenvalue weighted by molar-refractivity contribution is 6.14. The molecule has 0 fully saturated rings. The Morgan fingerprint density at radius 1 is 0.857 bits per heavy atom. The van der Waals surface area contributed by atoms with Crippen molar-refractivity contribution in [3.63, 3.8) is 0 Å². The van der Waals surface area contributed by atoms with E-state index in [2.05, 4.69) is 19.2 Å². The molecule has 0 radical (unpaired) electrons. The smallest absolute Gasteiger partial charge is 0.347 e. The van der Waals surface area contributed by atoms with E-state index in [0.29, 0.717) is 6.61 Å². The minimum Gasteiger partial charge on any atom is -0.494 e. The molecular weight excluding hydrogens is 358 g/mol. The molecule has 0 saturated heterocycles. The van der Waals surface area contributed by atoms with Gasteiger partial charge in [-0.2, -0.15) is 0 Å². The van der Waals surface area contributed by atoms with Gasteiger partial charge in [0.1, 0.15) is 5.75 Å². The van der Waals surface area contributed by atoms with Crippen LogP contribution in [0.5, 0.6) is 5.75 Å². The lowest BCUT2D eigenvalue weighted by atomic mass is 10.2. The molecule has 0 saturated carbocycles. The highest BCUT2D eigenvalue weighted by atomic mass is 16.6. The molecule has 0 bridgehead atoms.